The van der Waals surface area contributed by atoms with Crippen LogP contribution in [0.4, 0.5) is 0 Å². The molecule has 1 amide bonds. The van der Waals surface area contributed by atoms with Gasteiger partial charge in [-0.25, -0.2) is 0 Å². The Morgan fingerprint density at radius 1 is 1.29 bits per heavy atom. The Balaban J connectivity index is 2.07. The van der Waals surface area contributed by atoms with Crippen molar-refractivity contribution in [2.45, 2.75) is 47.1 Å². The Kier molecular flexibility index (Phi) is 4.46. The summed E-state index contributed by atoms with van der Waals surface area (Å²) in [4.78, 5) is 12.2. The summed E-state index contributed by atoms with van der Waals surface area (Å²) in [6, 6.07) is 6.27. The van der Waals surface area contributed by atoms with Crippen LogP contribution in [0.3, 0.4) is 0 Å². The van der Waals surface area contributed by atoms with E-state index in [1.165, 1.54) is 11.1 Å². The maximum absolute atomic E-state index is 12.2. The molecule has 1 atom stereocenters. The van der Waals surface area contributed by atoms with Crippen LogP contribution in [0.25, 0.3) is 0 Å². The minimum Gasteiger partial charge on any atom is -0.361 e. The van der Waals surface area contributed by atoms with E-state index >= 15 is 0 Å². The lowest BCUT2D eigenvalue weighted by atomic mass is 9.99. The van der Waals surface area contributed by atoms with Crippen LogP contribution in [-0.4, -0.2) is 11.1 Å². The smallest absolute Gasteiger partial charge is 0.225 e. The van der Waals surface area contributed by atoms with E-state index in [9.17, 15) is 4.79 Å². The van der Waals surface area contributed by atoms with Crippen LogP contribution >= 0.6 is 0 Å². The Labute approximate surface area is 125 Å². The van der Waals surface area contributed by atoms with Crippen molar-refractivity contribution >= 4 is 5.91 Å². The van der Waals surface area contributed by atoms with E-state index < -0.39 is 0 Å². The first kappa shape index (κ1) is 15.3. The largest absolute Gasteiger partial charge is 0.361 e. The van der Waals surface area contributed by atoms with Crippen LogP contribution in [0.1, 0.15) is 46.7 Å². The molecular formula is C17H22N2O2. The molecule has 0 saturated heterocycles. The monoisotopic (exact) mass is 286 g/mol. The fourth-order valence-electron chi connectivity index (χ4n) is 2.51. The van der Waals surface area contributed by atoms with Crippen molar-refractivity contribution in [3.63, 3.8) is 0 Å². The quantitative estimate of drug-likeness (QED) is 0.938. The number of benzene rings is 1. The number of nitrogens with zero attached hydrogens (tertiary/aromatic N) is 1. The van der Waals surface area contributed by atoms with Crippen LogP contribution in [-0.2, 0) is 11.2 Å². The summed E-state index contributed by atoms with van der Waals surface area (Å²) in [5, 5.41) is 6.93. The van der Waals surface area contributed by atoms with Crippen LogP contribution in [0, 0.1) is 27.7 Å². The van der Waals surface area contributed by atoms with E-state index in [1.807, 2.05) is 20.8 Å². The van der Waals surface area contributed by atoms with Crippen molar-refractivity contribution in [1.29, 1.82) is 0 Å². The summed E-state index contributed by atoms with van der Waals surface area (Å²) in [5.41, 5.74) is 5.19. The van der Waals surface area contributed by atoms with E-state index in [1.54, 1.807) is 0 Å². The first-order chi connectivity index (χ1) is 9.88. The maximum atomic E-state index is 12.2. The molecule has 4 nitrogen and oxygen atoms in total. The second kappa shape index (κ2) is 6.12. The average molecular weight is 286 g/mol. The van der Waals surface area contributed by atoms with E-state index in [0.717, 1.165) is 16.8 Å². The predicted octanol–water partition coefficient (Wildman–Crippen LogP) is 3.33. The highest BCUT2D eigenvalue weighted by Crippen LogP contribution is 2.19. The molecular weight excluding hydrogens is 264 g/mol. The summed E-state index contributed by atoms with van der Waals surface area (Å²) in [6.07, 6.45) is 0.302. The normalized spacial score (nSPS) is 12.2. The van der Waals surface area contributed by atoms with Gasteiger partial charge < -0.3 is 9.84 Å². The number of aromatic nitrogens is 1. The molecule has 0 aliphatic heterocycles. The SMILES string of the molecule is Cc1ccc(C)c([C@H](C)NC(=O)Cc2c(C)noc2C)c1. The highest BCUT2D eigenvalue weighted by molar-refractivity contribution is 5.79. The Hall–Kier alpha value is -2.10. The number of amides is 1. The molecule has 21 heavy (non-hydrogen) atoms. The zero-order valence-corrected chi connectivity index (χ0v) is 13.3. The number of rotatable bonds is 4. The van der Waals surface area contributed by atoms with Gasteiger partial charge in [-0.3, -0.25) is 4.79 Å². The first-order valence-corrected chi connectivity index (χ1v) is 7.16. The fraction of sp³-hybridized carbons (Fsp3) is 0.412. The predicted molar refractivity (Wildman–Crippen MR) is 82.2 cm³/mol. The van der Waals surface area contributed by atoms with Crippen molar-refractivity contribution in [2.24, 2.45) is 0 Å². The molecule has 0 bridgehead atoms. The summed E-state index contributed by atoms with van der Waals surface area (Å²) in [5.74, 6) is 0.694. The molecule has 1 heterocycles. The molecule has 0 saturated carbocycles. The number of hydrogen-bond donors (Lipinski definition) is 1. The van der Waals surface area contributed by atoms with Crippen LogP contribution in [0.2, 0.25) is 0 Å². The van der Waals surface area contributed by atoms with Gasteiger partial charge in [0.1, 0.15) is 5.76 Å². The second-order valence-corrected chi connectivity index (χ2v) is 5.63. The van der Waals surface area contributed by atoms with Gasteiger partial charge in [-0.2, -0.15) is 0 Å². The summed E-state index contributed by atoms with van der Waals surface area (Å²) in [6.45, 7) is 9.81. The van der Waals surface area contributed by atoms with Gasteiger partial charge in [-0.15, -0.1) is 0 Å². The summed E-state index contributed by atoms with van der Waals surface area (Å²) in [7, 11) is 0. The maximum Gasteiger partial charge on any atom is 0.225 e. The lowest BCUT2D eigenvalue weighted by molar-refractivity contribution is -0.121. The van der Waals surface area contributed by atoms with Gasteiger partial charge in [0.25, 0.3) is 0 Å². The highest BCUT2D eigenvalue weighted by Gasteiger charge is 2.16. The second-order valence-electron chi connectivity index (χ2n) is 5.63. The minimum atomic E-state index is -0.0159. The molecule has 4 heteroatoms. The zero-order valence-electron chi connectivity index (χ0n) is 13.3. The van der Waals surface area contributed by atoms with Gasteiger partial charge in [0, 0.05) is 5.56 Å². The Morgan fingerprint density at radius 3 is 2.62 bits per heavy atom. The van der Waals surface area contributed by atoms with Crippen molar-refractivity contribution < 1.29 is 9.32 Å². The third-order valence-corrected chi connectivity index (χ3v) is 3.80. The summed E-state index contributed by atoms with van der Waals surface area (Å²) < 4.78 is 5.09. The van der Waals surface area contributed by atoms with Crippen molar-refractivity contribution in [2.75, 3.05) is 0 Å². The van der Waals surface area contributed by atoms with Crippen molar-refractivity contribution in [3.8, 4) is 0 Å². The van der Waals surface area contributed by atoms with Crippen molar-refractivity contribution in [1.82, 2.24) is 10.5 Å². The molecule has 1 aromatic carbocycles. The highest BCUT2D eigenvalue weighted by atomic mass is 16.5. The molecule has 2 rings (SSSR count). The fourth-order valence-corrected chi connectivity index (χ4v) is 2.51. The standard InChI is InChI=1S/C17H22N2O2/c1-10-6-7-11(2)15(8-10)12(3)18-17(20)9-16-13(4)19-21-14(16)5/h6-8,12H,9H2,1-5H3,(H,18,20)/t12-/m0/s1. The zero-order chi connectivity index (χ0) is 15.6. The van der Waals surface area contributed by atoms with E-state index in [4.69, 9.17) is 4.52 Å². The number of hydrogen-bond acceptors (Lipinski definition) is 3. The van der Waals surface area contributed by atoms with Crippen molar-refractivity contribution in [3.05, 3.63) is 51.9 Å². The van der Waals surface area contributed by atoms with Crippen LogP contribution < -0.4 is 5.32 Å². The molecule has 1 aromatic heterocycles. The number of carbonyl (C=O) groups is 1. The number of carbonyl (C=O) groups excluding carboxylic acids is 1. The number of aryl methyl sites for hydroxylation is 4. The van der Waals surface area contributed by atoms with E-state index in [2.05, 4.69) is 42.5 Å². The third kappa shape index (κ3) is 3.51. The molecule has 2 aromatic rings. The third-order valence-electron chi connectivity index (χ3n) is 3.80. The molecule has 0 radical (unpaired) electrons. The summed E-state index contributed by atoms with van der Waals surface area (Å²) >= 11 is 0. The average Bonchev–Trinajstić information content (AvgIpc) is 2.73. The van der Waals surface area contributed by atoms with Gasteiger partial charge >= 0.3 is 0 Å². The lowest BCUT2D eigenvalue weighted by Gasteiger charge is -2.17. The van der Waals surface area contributed by atoms with E-state index in [0.29, 0.717) is 12.2 Å². The Morgan fingerprint density at radius 2 is 2.00 bits per heavy atom. The minimum absolute atomic E-state index is 0.0159. The van der Waals surface area contributed by atoms with Gasteiger partial charge in [0.05, 0.1) is 18.2 Å². The van der Waals surface area contributed by atoms with Gasteiger partial charge in [-0.05, 0) is 45.7 Å². The molecule has 0 spiro atoms. The molecule has 0 aliphatic carbocycles. The van der Waals surface area contributed by atoms with Crippen LogP contribution in [0.15, 0.2) is 22.7 Å². The molecule has 0 fully saturated rings. The molecule has 0 aliphatic rings. The lowest BCUT2D eigenvalue weighted by Crippen LogP contribution is -2.28. The van der Waals surface area contributed by atoms with Gasteiger partial charge in [-0.1, -0.05) is 28.9 Å². The first-order valence-electron chi connectivity index (χ1n) is 7.16. The molecule has 112 valence electrons. The molecule has 1 N–H and O–H groups in total. The Bertz CT molecular complexity index is 639. The topological polar surface area (TPSA) is 55.1 Å². The van der Waals surface area contributed by atoms with E-state index in [-0.39, 0.29) is 11.9 Å². The van der Waals surface area contributed by atoms with Gasteiger partial charge in [0.2, 0.25) is 5.91 Å². The van der Waals surface area contributed by atoms with Crippen LogP contribution in [0.5, 0.6) is 0 Å². The van der Waals surface area contributed by atoms with Gasteiger partial charge in [0.15, 0.2) is 0 Å². The number of nitrogens with one attached hydrogen (secondary N) is 1. The molecule has 0 unspecified atom stereocenters.